The predicted molar refractivity (Wildman–Crippen MR) is 56.0 cm³/mol. The number of aromatic nitrogens is 2. The third-order valence-electron chi connectivity index (χ3n) is 1.79. The topological polar surface area (TPSA) is 17.8 Å². The highest BCUT2D eigenvalue weighted by Gasteiger charge is 2.02. The molecule has 0 aliphatic carbocycles. The molecule has 2 rings (SSSR count). The van der Waals surface area contributed by atoms with Crippen LogP contribution in [0.25, 0.3) is 5.69 Å². The van der Waals surface area contributed by atoms with Gasteiger partial charge in [-0.1, -0.05) is 18.2 Å². The van der Waals surface area contributed by atoms with Crippen LogP contribution in [-0.4, -0.2) is 9.78 Å². The first kappa shape index (κ1) is 8.51. The van der Waals surface area contributed by atoms with Crippen LogP contribution in [0.3, 0.4) is 0 Å². The minimum Gasteiger partial charge on any atom is -0.226 e. The first-order valence-electron chi connectivity index (χ1n) is 4.05. The number of aryl methyl sites for hydroxylation is 1. The maximum absolute atomic E-state index is 4.35. The molecule has 0 saturated carbocycles. The largest absolute Gasteiger partial charge is 0.226 e. The van der Waals surface area contributed by atoms with E-state index in [-0.39, 0.29) is 0 Å². The Hall–Kier alpha value is -1.09. The van der Waals surface area contributed by atoms with Gasteiger partial charge < -0.3 is 0 Å². The Labute approximate surface area is 85.3 Å². The lowest BCUT2D eigenvalue weighted by Crippen LogP contribution is -1.95. The van der Waals surface area contributed by atoms with Crippen molar-refractivity contribution >= 4 is 15.9 Å². The molecule has 0 spiro atoms. The zero-order valence-corrected chi connectivity index (χ0v) is 8.82. The number of rotatable bonds is 1. The number of hydrogen-bond acceptors (Lipinski definition) is 1. The van der Waals surface area contributed by atoms with Crippen molar-refractivity contribution in [2.75, 3.05) is 0 Å². The molecule has 0 aliphatic rings. The van der Waals surface area contributed by atoms with E-state index in [1.54, 1.807) is 0 Å². The zero-order valence-electron chi connectivity index (χ0n) is 7.24. The highest BCUT2D eigenvalue weighted by atomic mass is 79.9. The average Bonchev–Trinajstić information content (AvgIpc) is 2.47. The molecule has 66 valence electrons. The standard InChI is InChI=1S/C10H9BrN2/c1-8-7-10(11)13(12-8)9-5-3-2-4-6-9/h2-7H,1H3. The number of para-hydroxylation sites is 1. The summed E-state index contributed by atoms with van der Waals surface area (Å²) in [4.78, 5) is 0. The maximum atomic E-state index is 4.35. The second-order valence-corrected chi connectivity index (χ2v) is 3.67. The molecule has 0 unspecified atom stereocenters. The molecule has 0 bridgehead atoms. The van der Waals surface area contributed by atoms with Gasteiger partial charge in [-0.25, -0.2) is 4.68 Å². The zero-order chi connectivity index (χ0) is 9.26. The smallest absolute Gasteiger partial charge is 0.110 e. The Balaban J connectivity index is 2.53. The van der Waals surface area contributed by atoms with Gasteiger partial charge >= 0.3 is 0 Å². The summed E-state index contributed by atoms with van der Waals surface area (Å²) in [6, 6.07) is 12.0. The van der Waals surface area contributed by atoms with Gasteiger partial charge in [0.05, 0.1) is 11.4 Å². The summed E-state index contributed by atoms with van der Waals surface area (Å²) in [5.41, 5.74) is 2.08. The van der Waals surface area contributed by atoms with Crippen molar-refractivity contribution in [3.05, 3.63) is 46.7 Å². The van der Waals surface area contributed by atoms with E-state index in [1.807, 2.05) is 48.0 Å². The summed E-state index contributed by atoms with van der Waals surface area (Å²) in [5, 5.41) is 4.35. The van der Waals surface area contributed by atoms with Crippen LogP contribution in [0.4, 0.5) is 0 Å². The molecule has 2 aromatic rings. The molecule has 1 heterocycles. The molecule has 2 nitrogen and oxygen atoms in total. The molecule has 0 radical (unpaired) electrons. The Bertz CT molecular complexity index is 406. The Morgan fingerprint density at radius 3 is 2.46 bits per heavy atom. The summed E-state index contributed by atoms with van der Waals surface area (Å²) in [6.07, 6.45) is 0. The second-order valence-electron chi connectivity index (χ2n) is 2.86. The van der Waals surface area contributed by atoms with Crippen LogP contribution in [0.2, 0.25) is 0 Å². The molecule has 0 saturated heterocycles. The van der Waals surface area contributed by atoms with Crippen molar-refractivity contribution in [3.8, 4) is 5.69 Å². The predicted octanol–water partition coefficient (Wildman–Crippen LogP) is 2.94. The lowest BCUT2D eigenvalue weighted by atomic mass is 10.3. The average molecular weight is 237 g/mol. The van der Waals surface area contributed by atoms with E-state index in [4.69, 9.17) is 0 Å². The third kappa shape index (κ3) is 1.65. The minimum atomic E-state index is 0.983. The van der Waals surface area contributed by atoms with Crippen LogP contribution < -0.4 is 0 Å². The van der Waals surface area contributed by atoms with Crippen LogP contribution in [0.1, 0.15) is 5.69 Å². The van der Waals surface area contributed by atoms with Gasteiger partial charge in [0.15, 0.2) is 0 Å². The van der Waals surface area contributed by atoms with E-state index in [1.165, 1.54) is 0 Å². The van der Waals surface area contributed by atoms with E-state index in [0.29, 0.717) is 0 Å². The molecule has 0 atom stereocenters. The number of nitrogens with zero attached hydrogens (tertiary/aromatic N) is 2. The summed E-state index contributed by atoms with van der Waals surface area (Å²) in [7, 11) is 0. The molecular formula is C10H9BrN2. The van der Waals surface area contributed by atoms with Crippen molar-refractivity contribution in [1.82, 2.24) is 9.78 Å². The van der Waals surface area contributed by atoms with Gasteiger partial charge in [0.2, 0.25) is 0 Å². The van der Waals surface area contributed by atoms with Crippen molar-refractivity contribution < 1.29 is 0 Å². The Kier molecular flexibility index (Phi) is 2.19. The molecule has 0 aliphatic heterocycles. The van der Waals surface area contributed by atoms with Crippen LogP contribution in [-0.2, 0) is 0 Å². The highest BCUT2D eigenvalue weighted by molar-refractivity contribution is 9.10. The fraction of sp³-hybridized carbons (Fsp3) is 0.100. The van der Waals surface area contributed by atoms with Gasteiger partial charge in [-0.2, -0.15) is 5.10 Å². The first-order chi connectivity index (χ1) is 6.27. The highest BCUT2D eigenvalue weighted by Crippen LogP contribution is 2.16. The van der Waals surface area contributed by atoms with E-state index in [0.717, 1.165) is 16.0 Å². The van der Waals surface area contributed by atoms with Gasteiger partial charge in [-0.05, 0) is 41.1 Å². The van der Waals surface area contributed by atoms with Crippen molar-refractivity contribution in [1.29, 1.82) is 0 Å². The summed E-state index contributed by atoms with van der Waals surface area (Å²) >= 11 is 3.45. The molecule has 3 heteroatoms. The summed E-state index contributed by atoms with van der Waals surface area (Å²) < 4.78 is 2.85. The molecular weight excluding hydrogens is 228 g/mol. The van der Waals surface area contributed by atoms with Crippen molar-refractivity contribution in [2.24, 2.45) is 0 Å². The Morgan fingerprint density at radius 2 is 1.92 bits per heavy atom. The third-order valence-corrected chi connectivity index (χ3v) is 2.35. The quantitative estimate of drug-likeness (QED) is 0.745. The fourth-order valence-electron chi connectivity index (χ4n) is 1.22. The monoisotopic (exact) mass is 236 g/mol. The maximum Gasteiger partial charge on any atom is 0.110 e. The van der Waals surface area contributed by atoms with Crippen LogP contribution in [0.5, 0.6) is 0 Å². The van der Waals surface area contributed by atoms with Gasteiger partial charge in [0.25, 0.3) is 0 Å². The lowest BCUT2D eigenvalue weighted by molar-refractivity contribution is 0.845. The summed E-state index contributed by atoms with van der Waals surface area (Å²) in [5.74, 6) is 0. The molecule has 0 fully saturated rings. The van der Waals surface area contributed by atoms with Crippen LogP contribution in [0.15, 0.2) is 41.0 Å². The van der Waals surface area contributed by atoms with Gasteiger partial charge in [0.1, 0.15) is 4.60 Å². The molecule has 1 aromatic heterocycles. The summed E-state index contributed by atoms with van der Waals surface area (Å²) in [6.45, 7) is 1.98. The van der Waals surface area contributed by atoms with Crippen LogP contribution in [0, 0.1) is 6.92 Å². The Morgan fingerprint density at radius 1 is 1.23 bits per heavy atom. The van der Waals surface area contributed by atoms with Gasteiger partial charge in [-0.3, -0.25) is 0 Å². The SMILES string of the molecule is Cc1cc(Br)n(-c2ccccc2)n1. The van der Waals surface area contributed by atoms with Crippen molar-refractivity contribution in [2.45, 2.75) is 6.92 Å². The minimum absolute atomic E-state index is 0.983. The molecule has 0 N–H and O–H groups in total. The second kappa shape index (κ2) is 3.34. The van der Waals surface area contributed by atoms with E-state index in [9.17, 15) is 0 Å². The van der Waals surface area contributed by atoms with E-state index in [2.05, 4.69) is 21.0 Å². The van der Waals surface area contributed by atoms with Gasteiger partial charge in [0, 0.05) is 0 Å². The van der Waals surface area contributed by atoms with Crippen LogP contribution >= 0.6 is 15.9 Å². The van der Waals surface area contributed by atoms with Gasteiger partial charge in [-0.15, -0.1) is 0 Å². The number of hydrogen-bond donors (Lipinski definition) is 0. The van der Waals surface area contributed by atoms with E-state index < -0.39 is 0 Å². The number of halogens is 1. The molecule has 1 aromatic carbocycles. The van der Waals surface area contributed by atoms with E-state index >= 15 is 0 Å². The lowest BCUT2D eigenvalue weighted by Gasteiger charge is -2.01. The molecule has 13 heavy (non-hydrogen) atoms. The fourth-order valence-corrected chi connectivity index (χ4v) is 1.83. The molecule has 0 amide bonds. The number of benzene rings is 1. The normalized spacial score (nSPS) is 10.3. The van der Waals surface area contributed by atoms with Crippen molar-refractivity contribution in [3.63, 3.8) is 0 Å². The first-order valence-corrected chi connectivity index (χ1v) is 4.84.